The lowest BCUT2D eigenvalue weighted by molar-refractivity contribution is -0.179. The van der Waals surface area contributed by atoms with Crippen molar-refractivity contribution in [2.24, 2.45) is 5.92 Å². The molecule has 0 bridgehead atoms. The van der Waals surface area contributed by atoms with Gasteiger partial charge in [-0.15, -0.1) is 10.2 Å². The standard InChI is InChI=1S/C8H10F3N3S/c9-8(10,11)6-1-3-14(4-2-6)7-13-12-5-15-7/h5-6H,1-4H2. The minimum atomic E-state index is -4.05. The highest BCUT2D eigenvalue weighted by Gasteiger charge is 2.41. The van der Waals surface area contributed by atoms with Gasteiger partial charge in [0, 0.05) is 13.1 Å². The zero-order chi connectivity index (χ0) is 10.9. The summed E-state index contributed by atoms with van der Waals surface area (Å²) in [5.74, 6) is -1.15. The van der Waals surface area contributed by atoms with E-state index >= 15 is 0 Å². The third kappa shape index (κ3) is 2.39. The van der Waals surface area contributed by atoms with Gasteiger partial charge in [-0.2, -0.15) is 13.2 Å². The summed E-state index contributed by atoms with van der Waals surface area (Å²) in [6, 6.07) is 0. The molecule has 0 aromatic carbocycles. The fourth-order valence-electron chi connectivity index (χ4n) is 1.70. The van der Waals surface area contributed by atoms with Gasteiger partial charge in [-0.1, -0.05) is 11.3 Å². The van der Waals surface area contributed by atoms with Crippen LogP contribution in [0.3, 0.4) is 0 Å². The number of aromatic nitrogens is 2. The second-order valence-corrected chi connectivity index (χ2v) is 4.34. The van der Waals surface area contributed by atoms with Gasteiger partial charge in [-0.05, 0) is 12.8 Å². The van der Waals surface area contributed by atoms with Crippen LogP contribution in [-0.2, 0) is 0 Å². The van der Waals surface area contributed by atoms with E-state index in [9.17, 15) is 13.2 Å². The van der Waals surface area contributed by atoms with Crippen molar-refractivity contribution in [2.75, 3.05) is 18.0 Å². The molecule has 1 aromatic rings. The SMILES string of the molecule is FC(F)(F)C1CCN(c2nncs2)CC1. The van der Waals surface area contributed by atoms with E-state index < -0.39 is 12.1 Å². The molecule has 3 nitrogen and oxygen atoms in total. The van der Waals surface area contributed by atoms with E-state index in [4.69, 9.17) is 0 Å². The molecule has 0 radical (unpaired) electrons. The Morgan fingerprint density at radius 1 is 1.33 bits per heavy atom. The predicted molar refractivity (Wildman–Crippen MR) is 50.9 cm³/mol. The molecule has 0 saturated carbocycles. The number of piperidine rings is 1. The third-order valence-corrected chi connectivity index (χ3v) is 3.33. The Balaban J connectivity index is 1.93. The molecule has 0 unspecified atom stereocenters. The van der Waals surface area contributed by atoms with Crippen LogP contribution in [-0.4, -0.2) is 29.5 Å². The minimum Gasteiger partial charge on any atom is -0.347 e. The Bertz CT molecular complexity index is 303. The Hall–Kier alpha value is -0.850. The zero-order valence-electron chi connectivity index (χ0n) is 7.87. The van der Waals surface area contributed by atoms with Gasteiger partial charge in [-0.3, -0.25) is 0 Å². The number of hydrogen-bond acceptors (Lipinski definition) is 4. The van der Waals surface area contributed by atoms with Gasteiger partial charge in [0.15, 0.2) is 0 Å². The molecule has 84 valence electrons. The van der Waals surface area contributed by atoms with E-state index in [1.807, 2.05) is 4.90 Å². The first kappa shape index (κ1) is 10.7. The van der Waals surface area contributed by atoms with Gasteiger partial charge in [-0.25, -0.2) is 0 Å². The van der Waals surface area contributed by atoms with Crippen LogP contribution in [0.25, 0.3) is 0 Å². The Morgan fingerprint density at radius 2 is 2.00 bits per heavy atom. The highest BCUT2D eigenvalue weighted by Crippen LogP contribution is 2.35. The van der Waals surface area contributed by atoms with Crippen molar-refractivity contribution in [3.63, 3.8) is 0 Å². The molecule has 2 heterocycles. The molecule has 1 aliphatic rings. The van der Waals surface area contributed by atoms with E-state index in [-0.39, 0.29) is 12.8 Å². The van der Waals surface area contributed by atoms with Gasteiger partial charge < -0.3 is 4.90 Å². The molecule has 1 saturated heterocycles. The topological polar surface area (TPSA) is 29.0 Å². The monoisotopic (exact) mass is 237 g/mol. The lowest BCUT2D eigenvalue weighted by Gasteiger charge is -2.32. The molecular formula is C8H10F3N3S. The van der Waals surface area contributed by atoms with Crippen molar-refractivity contribution < 1.29 is 13.2 Å². The summed E-state index contributed by atoms with van der Waals surface area (Å²) in [4.78, 5) is 1.86. The molecule has 0 aliphatic carbocycles. The van der Waals surface area contributed by atoms with Crippen LogP contribution in [0.5, 0.6) is 0 Å². The molecule has 0 atom stereocenters. The average molecular weight is 237 g/mol. The zero-order valence-corrected chi connectivity index (χ0v) is 8.68. The lowest BCUT2D eigenvalue weighted by Crippen LogP contribution is -2.38. The molecule has 1 aliphatic heterocycles. The summed E-state index contributed by atoms with van der Waals surface area (Å²) >= 11 is 1.36. The summed E-state index contributed by atoms with van der Waals surface area (Å²) in [6.07, 6.45) is -3.74. The van der Waals surface area contributed by atoms with Crippen LogP contribution in [0.2, 0.25) is 0 Å². The van der Waals surface area contributed by atoms with Crippen LogP contribution < -0.4 is 4.90 Å². The van der Waals surface area contributed by atoms with Crippen LogP contribution in [0.4, 0.5) is 18.3 Å². The molecule has 0 N–H and O–H groups in total. The van der Waals surface area contributed by atoms with E-state index in [1.165, 1.54) is 11.3 Å². The quantitative estimate of drug-likeness (QED) is 0.750. The Labute approximate surface area is 88.9 Å². The van der Waals surface area contributed by atoms with Crippen molar-refractivity contribution in [1.82, 2.24) is 10.2 Å². The third-order valence-electron chi connectivity index (χ3n) is 2.58. The normalized spacial score (nSPS) is 19.5. The first-order valence-corrected chi connectivity index (χ1v) is 5.53. The molecule has 15 heavy (non-hydrogen) atoms. The largest absolute Gasteiger partial charge is 0.391 e. The number of anilines is 1. The van der Waals surface area contributed by atoms with Gasteiger partial charge >= 0.3 is 6.18 Å². The Morgan fingerprint density at radius 3 is 2.47 bits per heavy atom. The molecule has 2 rings (SSSR count). The van der Waals surface area contributed by atoms with Crippen LogP contribution in [0.15, 0.2) is 5.51 Å². The molecule has 1 aromatic heterocycles. The van der Waals surface area contributed by atoms with Crippen molar-refractivity contribution in [3.8, 4) is 0 Å². The molecule has 7 heteroatoms. The van der Waals surface area contributed by atoms with Crippen LogP contribution >= 0.6 is 11.3 Å². The summed E-state index contributed by atoms with van der Waals surface area (Å²) in [5, 5.41) is 8.23. The highest BCUT2D eigenvalue weighted by atomic mass is 32.1. The van der Waals surface area contributed by atoms with Gasteiger partial charge in [0.2, 0.25) is 5.13 Å². The number of halogens is 3. The first-order chi connectivity index (χ1) is 7.07. The van der Waals surface area contributed by atoms with Crippen molar-refractivity contribution in [1.29, 1.82) is 0 Å². The number of hydrogen-bond donors (Lipinski definition) is 0. The van der Waals surface area contributed by atoms with Crippen molar-refractivity contribution in [3.05, 3.63) is 5.51 Å². The summed E-state index contributed by atoms with van der Waals surface area (Å²) in [7, 11) is 0. The van der Waals surface area contributed by atoms with Crippen molar-refractivity contribution >= 4 is 16.5 Å². The minimum absolute atomic E-state index is 0.156. The van der Waals surface area contributed by atoms with Gasteiger partial charge in [0.25, 0.3) is 0 Å². The van der Waals surface area contributed by atoms with E-state index in [0.717, 1.165) is 5.13 Å². The number of rotatable bonds is 1. The molecular weight excluding hydrogens is 227 g/mol. The van der Waals surface area contributed by atoms with Crippen LogP contribution in [0, 0.1) is 5.92 Å². The predicted octanol–water partition coefficient (Wildman–Crippen LogP) is 2.32. The number of nitrogens with zero attached hydrogens (tertiary/aromatic N) is 3. The first-order valence-electron chi connectivity index (χ1n) is 4.65. The average Bonchev–Trinajstić information content (AvgIpc) is 2.69. The van der Waals surface area contributed by atoms with E-state index in [2.05, 4.69) is 10.2 Å². The second kappa shape index (κ2) is 3.96. The fraction of sp³-hybridized carbons (Fsp3) is 0.750. The van der Waals surface area contributed by atoms with Gasteiger partial charge in [0.1, 0.15) is 5.51 Å². The van der Waals surface area contributed by atoms with E-state index in [1.54, 1.807) is 5.51 Å². The maximum Gasteiger partial charge on any atom is 0.391 e. The van der Waals surface area contributed by atoms with E-state index in [0.29, 0.717) is 13.1 Å². The van der Waals surface area contributed by atoms with Crippen LogP contribution in [0.1, 0.15) is 12.8 Å². The second-order valence-electron chi connectivity index (χ2n) is 3.52. The summed E-state index contributed by atoms with van der Waals surface area (Å²) in [6.45, 7) is 0.832. The lowest BCUT2D eigenvalue weighted by atomic mass is 9.97. The maximum atomic E-state index is 12.4. The summed E-state index contributed by atoms with van der Waals surface area (Å²) < 4.78 is 37.1. The fourth-order valence-corrected chi connectivity index (χ4v) is 2.32. The molecule has 0 spiro atoms. The molecule has 1 fully saturated rings. The smallest absolute Gasteiger partial charge is 0.347 e. The maximum absolute atomic E-state index is 12.4. The van der Waals surface area contributed by atoms with Gasteiger partial charge in [0.05, 0.1) is 5.92 Å². The summed E-state index contributed by atoms with van der Waals surface area (Å²) in [5.41, 5.74) is 1.59. The highest BCUT2D eigenvalue weighted by molar-refractivity contribution is 7.13. The van der Waals surface area contributed by atoms with Crippen molar-refractivity contribution in [2.45, 2.75) is 19.0 Å². The molecule has 0 amide bonds. The number of alkyl halides is 3. The Kier molecular flexibility index (Phi) is 2.81.